The van der Waals surface area contributed by atoms with Crippen molar-refractivity contribution in [1.82, 2.24) is 15.1 Å². The zero-order chi connectivity index (χ0) is 14.8. The molecule has 114 valence electrons. The molecule has 5 heteroatoms. The number of rotatable bonds is 3. The third kappa shape index (κ3) is 2.89. The summed E-state index contributed by atoms with van der Waals surface area (Å²) in [5, 5.41) is 3.36. The number of nitrogens with zero attached hydrogens (tertiary/aromatic N) is 2. The predicted octanol–water partition coefficient (Wildman–Crippen LogP) is 0.733. The third-order valence-corrected chi connectivity index (χ3v) is 4.47. The number of hydrogen-bond donors (Lipinski definition) is 1. The lowest BCUT2D eigenvalue weighted by molar-refractivity contribution is 0.0227. The minimum atomic E-state index is 0.111. The Labute approximate surface area is 125 Å². The van der Waals surface area contributed by atoms with E-state index in [2.05, 4.69) is 10.2 Å². The van der Waals surface area contributed by atoms with E-state index in [1.54, 1.807) is 7.11 Å². The van der Waals surface area contributed by atoms with Gasteiger partial charge in [-0.05, 0) is 24.6 Å². The van der Waals surface area contributed by atoms with Crippen molar-refractivity contribution in [1.29, 1.82) is 0 Å². The molecule has 3 rings (SSSR count). The molecule has 0 aromatic heterocycles. The lowest BCUT2D eigenvalue weighted by Gasteiger charge is -2.46. The van der Waals surface area contributed by atoms with E-state index >= 15 is 0 Å². The highest BCUT2D eigenvalue weighted by molar-refractivity contribution is 5.95. The van der Waals surface area contributed by atoms with Crippen LogP contribution in [-0.4, -0.2) is 68.1 Å². The largest absolute Gasteiger partial charge is 0.496 e. The van der Waals surface area contributed by atoms with E-state index in [1.165, 1.54) is 0 Å². The molecule has 0 atom stereocenters. The predicted molar refractivity (Wildman–Crippen MR) is 81.9 cm³/mol. The zero-order valence-electron chi connectivity index (χ0n) is 12.8. The Bertz CT molecular complexity index is 520. The van der Waals surface area contributed by atoms with Crippen LogP contribution in [0.4, 0.5) is 0 Å². The van der Waals surface area contributed by atoms with Crippen LogP contribution in [0.5, 0.6) is 5.75 Å². The summed E-state index contributed by atoms with van der Waals surface area (Å²) in [7, 11) is 1.64. The molecule has 0 radical (unpaired) electrons. The van der Waals surface area contributed by atoms with Gasteiger partial charge in [0.25, 0.3) is 5.91 Å². The summed E-state index contributed by atoms with van der Waals surface area (Å²) in [5.41, 5.74) is 1.77. The maximum absolute atomic E-state index is 12.5. The number of piperazine rings is 1. The highest BCUT2D eigenvalue weighted by Gasteiger charge is 2.35. The van der Waals surface area contributed by atoms with E-state index in [-0.39, 0.29) is 5.91 Å². The molecule has 1 N–H and O–H groups in total. The Morgan fingerprint density at radius 1 is 1.29 bits per heavy atom. The quantitative estimate of drug-likeness (QED) is 0.891. The van der Waals surface area contributed by atoms with E-state index in [4.69, 9.17) is 4.74 Å². The monoisotopic (exact) mass is 289 g/mol. The Morgan fingerprint density at radius 2 is 2.00 bits per heavy atom. The molecule has 0 spiro atoms. The average molecular weight is 289 g/mol. The maximum atomic E-state index is 12.5. The molecule has 0 saturated carbocycles. The second-order valence-electron chi connectivity index (χ2n) is 5.83. The van der Waals surface area contributed by atoms with Crippen molar-refractivity contribution in [2.45, 2.75) is 13.0 Å². The molecule has 5 nitrogen and oxygen atoms in total. The van der Waals surface area contributed by atoms with Gasteiger partial charge < -0.3 is 15.0 Å². The van der Waals surface area contributed by atoms with Crippen LogP contribution >= 0.6 is 0 Å². The van der Waals surface area contributed by atoms with Crippen molar-refractivity contribution in [3.63, 3.8) is 0 Å². The van der Waals surface area contributed by atoms with Crippen molar-refractivity contribution in [3.05, 3.63) is 29.3 Å². The fourth-order valence-corrected chi connectivity index (χ4v) is 3.03. The number of carbonyl (C=O) groups is 1. The fourth-order valence-electron chi connectivity index (χ4n) is 3.03. The van der Waals surface area contributed by atoms with Crippen molar-refractivity contribution in [2.75, 3.05) is 46.4 Å². The van der Waals surface area contributed by atoms with Crippen LogP contribution in [-0.2, 0) is 0 Å². The van der Waals surface area contributed by atoms with E-state index < -0.39 is 0 Å². The summed E-state index contributed by atoms with van der Waals surface area (Å²) >= 11 is 0. The molecule has 1 aromatic rings. The number of carbonyl (C=O) groups excluding carboxylic acids is 1. The van der Waals surface area contributed by atoms with Crippen LogP contribution < -0.4 is 10.1 Å². The molecule has 0 bridgehead atoms. The first-order valence-electron chi connectivity index (χ1n) is 7.57. The van der Waals surface area contributed by atoms with Crippen LogP contribution in [0.2, 0.25) is 0 Å². The van der Waals surface area contributed by atoms with Gasteiger partial charge in [-0.1, -0.05) is 6.07 Å². The number of likely N-dealkylation sites (tertiary alicyclic amines) is 1. The first kappa shape index (κ1) is 14.4. The molecule has 2 aliphatic heterocycles. The summed E-state index contributed by atoms with van der Waals surface area (Å²) in [5.74, 6) is 0.889. The SMILES string of the molecule is COc1cc(C(=O)N2CC(N3CCNCC3)C2)ccc1C. The topological polar surface area (TPSA) is 44.8 Å². The van der Waals surface area contributed by atoms with Crippen molar-refractivity contribution >= 4 is 5.91 Å². The second-order valence-corrected chi connectivity index (χ2v) is 5.83. The normalized spacial score (nSPS) is 20.2. The molecule has 21 heavy (non-hydrogen) atoms. The zero-order valence-corrected chi connectivity index (χ0v) is 12.8. The van der Waals surface area contributed by atoms with Gasteiger partial charge in [0.15, 0.2) is 0 Å². The Balaban J connectivity index is 1.60. The van der Waals surface area contributed by atoms with Crippen LogP contribution in [0.3, 0.4) is 0 Å². The summed E-state index contributed by atoms with van der Waals surface area (Å²) in [6, 6.07) is 6.21. The molecule has 2 fully saturated rings. The minimum absolute atomic E-state index is 0.111. The number of nitrogens with one attached hydrogen (secondary N) is 1. The van der Waals surface area contributed by atoms with Crippen LogP contribution in [0, 0.1) is 6.92 Å². The van der Waals surface area contributed by atoms with Gasteiger partial charge in [0.05, 0.1) is 7.11 Å². The highest BCUT2D eigenvalue weighted by Crippen LogP contribution is 2.23. The minimum Gasteiger partial charge on any atom is -0.496 e. The van der Waals surface area contributed by atoms with E-state index in [1.807, 2.05) is 30.0 Å². The molecular formula is C16H23N3O2. The maximum Gasteiger partial charge on any atom is 0.254 e. The summed E-state index contributed by atoms with van der Waals surface area (Å²) in [6.07, 6.45) is 0. The third-order valence-electron chi connectivity index (χ3n) is 4.47. The summed E-state index contributed by atoms with van der Waals surface area (Å²) < 4.78 is 5.30. The number of hydrogen-bond acceptors (Lipinski definition) is 4. The van der Waals surface area contributed by atoms with Gasteiger partial charge in [-0.2, -0.15) is 0 Å². The van der Waals surface area contributed by atoms with Crippen LogP contribution in [0.15, 0.2) is 18.2 Å². The van der Waals surface area contributed by atoms with Gasteiger partial charge >= 0.3 is 0 Å². The van der Waals surface area contributed by atoms with Gasteiger partial charge in [-0.15, -0.1) is 0 Å². The molecular weight excluding hydrogens is 266 g/mol. The lowest BCUT2D eigenvalue weighted by Crippen LogP contribution is -2.63. The van der Waals surface area contributed by atoms with E-state index in [0.717, 1.165) is 56.1 Å². The standard InChI is InChI=1S/C16H23N3O2/c1-12-3-4-13(9-15(12)21-2)16(20)19-10-14(11-19)18-7-5-17-6-8-18/h3-4,9,14,17H,5-8,10-11H2,1-2H3. The molecule has 0 aliphatic carbocycles. The van der Waals surface area contributed by atoms with E-state index in [0.29, 0.717) is 6.04 Å². The van der Waals surface area contributed by atoms with Crippen molar-refractivity contribution < 1.29 is 9.53 Å². The molecule has 2 aliphatic rings. The van der Waals surface area contributed by atoms with Gasteiger partial charge in [0.1, 0.15) is 5.75 Å². The van der Waals surface area contributed by atoms with Crippen LogP contribution in [0.25, 0.3) is 0 Å². The Hall–Kier alpha value is -1.59. The van der Waals surface area contributed by atoms with Gasteiger partial charge in [-0.25, -0.2) is 0 Å². The molecule has 2 heterocycles. The molecule has 1 aromatic carbocycles. The Kier molecular flexibility index (Phi) is 4.12. The molecule has 0 unspecified atom stereocenters. The fraction of sp³-hybridized carbons (Fsp3) is 0.562. The number of amides is 1. The van der Waals surface area contributed by atoms with Gasteiger partial charge in [0.2, 0.25) is 0 Å². The first-order valence-corrected chi connectivity index (χ1v) is 7.57. The first-order chi connectivity index (χ1) is 10.2. The summed E-state index contributed by atoms with van der Waals surface area (Å²) in [6.45, 7) is 7.95. The molecule has 2 saturated heterocycles. The lowest BCUT2D eigenvalue weighted by atomic mass is 10.0. The van der Waals surface area contributed by atoms with Gasteiger partial charge in [-0.3, -0.25) is 9.69 Å². The Morgan fingerprint density at radius 3 is 2.67 bits per heavy atom. The number of aryl methyl sites for hydroxylation is 1. The van der Waals surface area contributed by atoms with Crippen LogP contribution in [0.1, 0.15) is 15.9 Å². The molecule has 1 amide bonds. The van der Waals surface area contributed by atoms with Crippen molar-refractivity contribution in [2.24, 2.45) is 0 Å². The number of ether oxygens (including phenoxy) is 1. The van der Waals surface area contributed by atoms with E-state index in [9.17, 15) is 4.79 Å². The highest BCUT2D eigenvalue weighted by atomic mass is 16.5. The smallest absolute Gasteiger partial charge is 0.254 e. The van der Waals surface area contributed by atoms with Crippen molar-refractivity contribution in [3.8, 4) is 5.75 Å². The second kappa shape index (κ2) is 6.03. The average Bonchev–Trinajstić information content (AvgIpc) is 2.47. The number of methoxy groups -OCH3 is 1. The van der Waals surface area contributed by atoms with Gasteiger partial charge in [0, 0.05) is 50.9 Å². The number of benzene rings is 1. The summed E-state index contributed by atoms with van der Waals surface area (Å²) in [4.78, 5) is 16.9.